The Hall–Kier alpha value is -1.80. The van der Waals surface area contributed by atoms with E-state index < -0.39 is 10.0 Å². The zero-order valence-corrected chi connectivity index (χ0v) is 17.4. The quantitative estimate of drug-likeness (QED) is 0.492. The van der Waals surface area contributed by atoms with Gasteiger partial charge in [-0.05, 0) is 38.3 Å². The molecule has 27 heavy (non-hydrogen) atoms. The first-order valence-electron chi connectivity index (χ1n) is 9.68. The summed E-state index contributed by atoms with van der Waals surface area (Å²) < 4.78 is 31.1. The van der Waals surface area contributed by atoms with Crippen LogP contribution in [0.15, 0.2) is 23.2 Å². The molecule has 0 spiro atoms. The minimum absolute atomic E-state index is 0.259. The minimum atomic E-state index is -3.05. The molecule has 1 fully saturated rings. The number of aryl methyl sites for hydroxylation is 1. The van der Waals surface area contributed by atoms with Crippen LogP contribution in [0.5, 0.6) is 5.75 Å². The molecule has 0 amide bonds. The monoisotopic (exact) mass is 396 g/mol. The van der Waals surface area contributed by atoms with Gasteiger partial charge in [-0.3, -0.25) is 0 Å². The van der Waals surface area contributed by atoms with E-state index in [0.29, 0.717) is 45.2 Å². The summed E-state index contributed by atoms with van der Waals surface area (Å²) in [5, 5.41) is 6.42. The number of nitrogens with zero attached hydrogens (tertiary/aromatic N) is 2. The third-order valence-electron chi connectivity index (χ3n) is 4.29. The van der Waals surface area contributed by atoms with E-state index in [1.165, 1.54) is 0 Å². The third kappa shape index (κ3) is 6.70. The van der Waals surface area contributed by atoms with Crippen LogP contribution in [0.3, 0.4) is 0 Å². The molecule has 2 rings (SSSR count). The van der Waals surface area contributed by atoms with Crippen LogP contribution in [0, 0.1) is 6.92 Å². The second-order valence-electron chi connectivity index (χ2n) is 6.65. The fourth-order valence-corrected chi connectivity index (χ4v) is 4.41. The van der Waals surface area contributed by atoms with Crippen LogP contribution >= 0.6 is 0 Å². The molecule has 0 aliphatic carbocycles. The first-order valence-corrected chi connectivity index (χ1v) is 11.3. The number of hydrogen-bond acceptors (Lipinski definition) is 4. The topological polar surface area (TPSA) is 83.0 Å². The van der Waals surface area contributed by atoms with Gasteiger partial charge in [0, 0.05) is 31.7 Å². The molecule has 2 N–H and O–H groups in total. The molecule has 0 atom stereocenters. The van der Waals surface area contributed by atoms with E-state index in [1.807, 2.05) is 26.0 Å². The molecule has 1 aromatic carbocycles. The van der Waals surface area contributed by atoms with Crippen molar-refractivity contribution in [2.45, 2.75) is 40.2 Å². The Bertz CT molecular complexity index is 734. The van der Waals surface area contributed by atoms with E-state index in [4.69, 9.17) is 4.74 Å². The highest BCUT2D eigenvalue weighted by Gasteiger charge is 2.27. The number of guanidine groups is 1. The minimum Gasteiger partial charge on any atom is -0.493 e. The summed E-state index contributed by atoms with van der Waals surface area (Å²) in [7, 11) is -3.05. The summed E-state index contributed by atoms with van der Waals surface area (Å²) in [5.74, 6) is 1.81. The van der Waals surface area contributed by atoms with Gasteiger partial charge < -0.3 is 15.4 Å². The largest absolute Gasteiger partial charge is 0.493 e. The van der Waals surface area contributed by atoms with Gasteiger partial charge in [-0.2, -0.15) is 0 Å². The van der Waals surface area contributed by atoms with Crippen LogP contribution in [-0.4, -0.2) is 57.2 Å². The molecule has 1 aliphatic heterocycles. The maximum atomic E-state index is 11.9. The van der Waals surface area contributed by atoms with Gasteiger partial charge in [0.1, 0.15) is 5.75 Å². The summed E-state index contributed by atoms with van der Waals surface area (Å²) in [4.78, 5) is 4.63. The van der Waals surface area contributed by atoms with Crippen molar-refractivity contribution in [1.29, 1.82) is 0 Å². The lowest BCUT2D eigenvalue weighted by atomic mass is 10.1. The Kier molecular flexibility index (Phi) is 8.37. The van der Waals surface area contributed by atoms with Crippen molar-refractivity contribution < 1.29 is 13.2 Å². The maximum Gasteiger partial charge on any atom is 0.214 e. The highest BCUT2D eigenvalue weighted by atomic mass is 32.2. The normalized spacial score (nSPS) is 17.1. The van der Waals surface area contributed by atoms with E-state index in [-0.39, 0.29) is 5.75 Å². The van der Waals surface area contributed by atoms with Crippen molar-refractivity contribution in [3.63, 3.8) is 0 Å². The van der Waals surface area contributed by atoms with Crippen LogP contribution in [-0.2, 0) is 16.6 Å². The second-order valence-corrected chi connectivity index (χ2v) is 8.74. The van der Waals surface area contributed by atoms with E-state index >= 15 is 0 Å². The summed E-state index contributed by atoms with van der Waals surface area (Å²) in [6.45, 7) is 9.65. The standard InChI is InChI=1S/C19H32N4O3S/c1-4-12-26-18-14-16(3)7-8-17(18)15-22-19(20-5-2)21-9-11-23-10-6-13-27(23,24)25/h7-8,14H,4-6,9-13,15H2,1-3H3,(H2,20,21,22). The van der Waals surface area contributed by atoms with Crippen molar-refractivity contribution in [2.75, 3.05) is 38.5 Å². The number of nitrogens with one attached hydrogen (secondary N) is 2. The van der Waals surface area contributed by atoms with Crippen LogP contribution in [0.25, 0.3) is 0 Å². The number of sulfonamides is 1. The van der Waals surface area contributed by atoms with Gasteiger partial charge in [0.25, 0.3) is 0 Å². The molecular formula is C19H32N4O3S. The zero-order valence-electron chi connectivity index (χ0n) is 16.6. The Balaban J connectivity index is 1.96. The fourth-order valence-electron chi connectivity index (χ4n) is 2.89. The molecule has 0 unspecified atom stereocenters. The second kappa shape index (κ2) is 10.5. The summed E-state index contributed by atoms with van der Waals surface area (Å²) in [6.07, 6.45) is 1.67. The summed E-state index contributed by atoms with van der Waals surface area (Å²) in [6, 6.07) is 6.14. The number of benzene rings is 1. The van der Waals surface area contributed by atoms with E-state index in [2.05, 4.69) is 28.6 Å². The first-order chi connectivity index (χ1) is 13.0. The molecule has 0 bridgehead atoms. The van der Waals surface area contributed by atoms with E-state index in [1.54, 1.807) is 4.31 Å². The lowest BCUT2D eigenvalue weighted by molar-refractivity contribution is 0.314. The molecule has 0 saturated carbocycles. The molecule has 0 aromatic heterocycles. The number of ether oxygens (including phenoxy) is 1. The molecule has 8 heteroatoms. The van der Waals surface area contributed by atoms with Crippen LogP contribution in [0.2, 0.25) is 0 Å². The molecule has 1 aromatic rings. The van der Waals surface area contributed by atoms with Crippen LogP contribution in [0.1, 0.15) is 37.8 Å². The van der Waals surface area contributed by atoms with E-state index in [9.17, 15) is 8.42 Å². The lowest BCUT2D eigenvalue weighted by Gasteiger charge is -2.17. The highest BCUT2D eigenvalue weighted by Crippen LogP contribution is 2.21. The predicted molar refractivity (Wildman–Crippen MR) is 110 cm³/mol. The zero-order chi connectivity index (χ0) is 19.7. The van der Waals surface area contributed by atoms with Crippen molar-refractivity contribution in [3.05, 3.63) is 29.3 Å². The Morgan fingerprint density at radius 3 is 2.78 bits per heavy atom. The average Bonchev–Trinajstić information content (AvgIpc) is 2.97. The molecule has 1 aliphatic rings. The van der Waals surface area contributed by atoms with Crippen LogP contribution in [0.4, 0.5) is 0 Å². The van der Waals surface area contributed by atoms with Crippen molar-refractivity contribution >= 4 is 16.0 Å². The van der Waals surface area contributed by atoms with Gasteiger partial charge in [0.15, 0.2) is 5.96 Å². The molecular weight excluding hydrogens is 364 g/mol. The molecule has 1 saturated heterocycles. The van der Waals surface area contributed by atoms with E-state index in [0.717, 1.165) is 29.8 Å². The average molecular weight is 397 g/mol. The summed E-state index contributed by atoms with van der Waals surface area (Å²) in [5.41, 5.74) is 2.19. The fraction of sp³-hybridized carbons (Fsp3) is 0.632. The maximum absolute atomic E-state index is 11.9. The molecule has 1 heterocycles. The SMILES string of the molecule is CCCOc1cc(C)ccc1CN=C(NCC)NCCN1CCCS1(=O)=O. The number of aliphatic imine (C=N–C) groups is 1. The van der Waals surface area contributed by atoms with Gasteiger partial charge in [-0.15, -0.1) is 0 Å². The highest BCUT2D eigenvalue weighted by molar-refractivity contribution is 7.89. The Labute approximate surface area is 163 Å². The molecule has 0 radical (unpaired) electrons. The molecule has 7 nitrogen and oxygen atoms in total. The van der Waals surface area contributed by atoms with Gasteiger partial charge in [-0.1, -0.05) is 19.1 Å². The van der Waals surface area contributed by atoms with Gasteiger partial charge in [0.2, 0.25) is 10.0 Å². The summed E-state index contributed by atoms with van der Waals surface area (Å²) >= 11 is 0. The third-order valence-corrected chi connectivity index (χ3v) is 6.25. The van der Waals surface area contributed by atoms with Gasteiger partial charge in [0.05, 0.1) is 18.9 Å². The smallest absolute Gasteiger partial charge is 0.214 e. The van der Waals surface area contributed by atoms with Crippen LogP contribution < -0.4 is 15.4 Å². The number of rotatable bonds is 9. The van der Waals surface area contributed by atoms with Gasteiger partial charge in [-0.25, -0.2) is 17.7 Å². The Morgan fingerprint density at radius 2 is 2.11 bits per heavy atom. The molecule has 152 valence electrons. The van der Waals surface area contributed by atoms with Crippen molar-refractivity contribution in [1.82, 2.24) is 14.9 Å². The Morgan fingerprint density at radius 1 is 1.30 bits per heavy atom. The van der Waals surface area contributed by atoms with Gasteiger partial charge >= 0.3 is 0 Å². The predicted octanol–water partition coefficient (Wildman–Crippen LogP) is 1.87. The van der Waals surface area contributed by atoms with Crippen molar-refractivity contribution in [2.24, 2.45) is 4.99 Å². The first kappa shape index (κ1) is 21.5. The van der Waals surface area contributed by atoms with Crippen molar-refractivity contribution in [3.8, 4) is 5.75 Å². The lowest BCUT2D eigenvalue weighted by Crippen LogP contribution is -2.42. The number of hydrogen-bond donors (Lipinski definition) is 2.